The first kappa shape index (κ1) is 30.7. The van der Waals surface area contributed by atoms with Gasteiger partial charge in [-0.1, -0.05) is 58.5 Å². The zero-order valence-corrected chi connectivity index (χ0v) is 25.2. The molecule has 1 aromatic heterocycles. The summed E-state index contributed by atoms with van der Waals surface area (Å²) in [5.74, 6) is -2.25. The Labute approximate surface area is 259 Å². The summed E-state index contributed by atoms with van der Waals surface area (Å²) in [7, 11) is 1.79. The van der Waals surface area contributed by atoms with Crippen molar-refractivity contribution in [3.8, 4) is 0 Å². The van der Waals surface area contributed by atoms with Crippen LogP contribution in [0.4, 0.5) is 23.2 Å². The van der Waals surface area contributed by atoms with Crippen LogP contribution in [0.2, 0.25) is 20.1 Å². The van der Waals surface area contributed by atoms with Crippen LogP contribution >= 0.6 is 46.4 Å². The average molecular weight is 662 g/mol. The van der Waals surface area contributed by atoms with Crippen molar-refractivity contribution < 1.29 is 22.4 Å². The SMILES string of the molecule is Cn1c(Cc2c(Cl)ccc(CNC(=O)c3c(F)cccc3Cl)c2Cl)nc2cc(Cl)c(N3CCCC(C(F)(F)F)C3)cc21. The molecule has 0 aliphatic carbocycles. The fourth-order valence-corrected chi connectivity index (χ4v) is 6.29. The molecule has 0 radical (unpaired) electrons. The number of rotatable bonds is 6. The number of fused-ring (bicyclic) bond motifs is 1. The van der Waals surface area contributed by atoms with Crippen LogP contribution in [-0.2, 0) is 20.0 Å². The smallest absolute Gasteiger partial charge is 0.370 e. The predicted octanol–water partition coefficient (Wildman–Crippen LogP) is 8.63. The summed E-state index contributed by atoms with van der Waals surface area (Å²) in [5.41, 5.74) is 2.63. The molecule has 5 rings (SSSR count). The summed E-state index contributed by atoms with van der Waals surface area (Å²) in [4.78, 5) is 19.0. The number of aryl methyl sites for hydroxylation is 1. The first-order chi connectivity index (χ1) is 19.8. The maximum absolute atomic E-state index is 14.2. The molecule has 1 N–H and O–H groups in total. The van der Waals surface area contributed by atoms with Crippen molar-refractivity contribution in [2.75, 3.05) is 18.0 Å². The largest absolute Gasteiger partial charge is 0.393 e. The first-order valence-corrected chi connectivity index (χ1v) is 14.5. The number of alkyl halides is 3. The van der Waals surface area contributed by atoms with Gasteiger partial charge in [0.2, 0.25) is 0 Å². The van der Waals surface area contributed by atoms with Crippen LogP contribution < -0.4 is 10.2 Å². The van der Waals surface area contributed by atoms with Crippen LogP contribution in [0.25, 0.3) is 11.0 Å². The summed E-state index contributed by atoms with van der Waals surface area (Å²) >= 11 is 25.8. The van der Waals surface area contributed by atoms with E-state index in [2.05, 4.69) is 5.32 Å². The third-order valence-corrected chi connectivity index (χ3v) is 8.94. The van der Waals surface area contributed by atoms with Crippen molar-refractivity contribution in [2.45, 2.75) is 32.0 Å². The number of aromatic nitrogens is 2. The van der Waals surface area contributed by atoms with Crippen molar-refractivity contribution in [1.29, 1.82) is 0 Å². The van der Waals surface area contributed by atoms with Gasteiger partial charge in [0.05, 0.1) is 43.3 Å². The highest BCUT2D eigenvalue weighted by molar-refractivity contribution is 6.36. The number of benzene rings is 3. The molecule has 1 aliphatic rings. The molecule has 1 aliphatic heterocycles. The molecule has 1 fully saturated rings. The standard InChI is InChI=1S/C29H24Cl4F4N4O/c1-40-24-12-23(41-9-3-4-16(14-41)29(35,36)37)20(32)11-22(24)39-25(40)10-17-18(30)8-7-15(27(17)33)13-38-28(42)26-19(31)5-2-6-21(26)34/h2,5-8,11-12,16H,3-4,9-10,13-14H2,1H3,(H,38,42). The number of piperidine rings is 1. The van der Waals surface area contributed by atoms with Crippen molar-refractivity contribution in [1.82, 2.24) is 14.9 Å². The summed E-state index contributed by atoms with van der Waals surface area (Å²) in [5, 5.41) is 3.63. The maximum atomic E-state index is 14.2. The molecule has 1 atom stereocenters. The van der Waals surface area contributed by atoms with Crippen LogP contribution in [0.1, 0.15) is 40.2 Å². The van der Waals surface area contributed by atoms with Crippen LogP contribution in [0.5, 0.6) is 0 Å². The van der Waals surface area contributed by atoms with Gasteiger partial charge in [0.15, 0.2) is 0 Å². The lowest BCUT2D eigenvalue weighted by atomic mass is 9.97. The molecular weight excluding hydrogens is 638 g/mol. The number of nitrogens with one attached hydrogen (secondary N) is 1. The Balaban J connectivity index is 1.39. The molecule has 3 aromatic carbocycles. The normalized spacial score (nSPS) is 15.8. The Kier molecular flexibility index (Phi) is 8.86. The molecule has 0 saturated carbocycles. The highest BCUT2D eigenvalue weighted by Crippen LogP contribution is 2.39. The first-order valence-electron chi connectivity index (χ1n) is 13.0. The van der Waals surface area contributed by atoms with E-state index >= 15 is 0 Å². The summed E-state index contributed by atoms with van der Waals surface area (Å²) in [6, 6.07) is 10.7. The van der Waals surface area contributed by atoms with E-state index in [9.17, 15) is 22.4 Å². The molecule has 222 valence electrons. The molecule has 2 heterocycles. The van der Waals surface area contributed by atoms with Crippen LogP contribution in [0, 0.1) is 11.7 Å². The Morgan fingerprint density at radius 3 is 2.55 bits per heavy atom. The number of anilines is 1. The van der Waals surface area contributed by atoms with Crippen LogP contribution in [0.3, 0.4) is 0 Å². The third-order valence-electron chi connectivity index (χ3n) is 7.50. The van der Waals surface area contributed by atoms with Gasteiger partial charge >= 0.3 is 6.18 Å². The fourth-order valence-electron chi connectivity index (χ4n) is 5.20. The fraction of sp³-hybridized carbons (Fsp3) is 0.310. The third kappa shape index (κ3) is 6.16. The minimum atomic E-state index is -4.27. The number of nitrogens with zero attached hydrogens (tertiary/aromatic N) is 3. The summed E-state index contributed by atoms with van der Waals surface area (Å²) in [6.07, 6.45) is -3.54. The Hall–Kier alpha value is -2.72. The van der Waals surface area contributed by atoms with E-state index < -0.39 is 23.8 Å². The van der Waals surface area contributed by atoms with Crippen molar-refractivity contribution in [2.24, 2.45) is 13.0 Å². The van der Waals surface area contributed by atoms with E-state index in [-0.39, 0.29) is 36.5 Å². The second-order valence-corrected chi connectivity index (χ2v) is 11.8. The van der Waals surface area contributed by atoms with Crippen molar-refractivity contribution in [3.63, 3.8) is 0 Å². The topological polar surface area (TPSA) is 50.2 Å². The van der Waals surface area contributed by atoms with Gasteiger partial charge in [0.1, 0.15) is 11.6 Å². The van der Waals surface area contributed by atoms with E-state index in [4.69, 9.17) is 51.4 Å². The van der Waals surface area contributed by atoms with E-state index in [1.807, 2.05) is 4.57 Å². The molecule has 42 heavy (non-hydrogen) atoms. The summed E-state index contributed by atoms with van der Waals surface area (Å²) < 4.78 is 56.2. The van der Waals surface area contributed by atoms with Gasteiger partial charge in [-0.25, -0.2) is 9.37 Å². The number of carbonyl (C=O) groups is 1. The van der Waals surface area contributed by atoms with Gasteiger partial charge in [-0.15, -0.1) is 0 Å². The second-order valence-electron chi connectivity index (χ2n) is 10.2. The molecule has 1 amide bonds. The Morgan fingerprint density at radius 1 is 1.07 bits per heavy atom. The Bertz CT molecular complexity index is 1650. The van der Waals surface area contributed by atoms with Gasteiger partial charge < -0.3 is 14.8 Å². The van der Waals surface area contributed by atoms with Gasteiger partial charge in [0.25, 0.3) is 5.91 Å². The lowest BCUT2D eigenvalue weighted by Gasteiger charge is -2.35. The van der Waals surface area contributed by atoms with E-state index in [1.165, 1.54) is 12.1 Å². The van der Waals surface area contributed by atoms with E-state index in [1.54, 1.807) is 36.2 Å². The second kappa shape index (κ2) is 12.1. The summed E-state index contributed by atoms with van der Waals surface area (Å²) in [6.45, 7) is 0.306. The molecule has 1 saturated heterocycles. The van der Waals surface area contributed by atoms with Crippen LogP contribution in [0.15, 0.2) is 42.5 Å². The molecule has 0 bridgehead atoms. The number of hydrogen-bond acceptors (Lipinski definition) is 3. The molecule has 13 heteroatoms. The molecule has 0 spiro atoms. The lowest BCUT2D eigenvalue weighted by molar-refractivity contribution is -0.175. The highest BCUT2D eigenvalue weighted by atomic mass is 35.5. The van der Waals surface area contributed by atoms with E-state index in [0.717, 1.165) is 6.07 Å². The minimum absolute atomic E-state index is 0.0111. The highest BCUT2D eigenvalue weighted by Gasteiger charge is 2.42. The molecule has 1 unspecified atom stereocenters. The zero-order valence-electron chi connectivity index (χ0n) is 22.1. The molecular formula is C29H24Cl4F4N4O. The zero-order chi connectivity index (χ0) is 30.3. The number of carbonyl (C=O) groups excluding carboxylic acids is 1. The molecule has 5 nitrogen and oxygen atoms in total. The van der Waals surface area contributed by atoms with Gasteiger partial charge in [-0.05, 0) is 54.3 Å². The van der Waals surface area contributed by atoms with Crippen LogP contribution in [-0.4, -0.2) is 34.7 Å². The average Bonchev–Trinajstić information content (AvgIpc) is 3.23. The predicted molar refractivity (Wildman–Crippen MR) is 159 cm³/mol. The minimum Gasteiger partial charge on any atom is -0.370 e. The maximum Gasteiger partial charge on any atom is 0.393 e. The number of halogens is 8. The van der Waals surface area contributed by atoms with Gasteiger partial charge in [0, 0.05) is 38.1 Å². The monoisotopic (exact) mass is 660 g/mol. The van der Waals surface area contributed by atoms with E-state index in [0.29, 0.717) is 61.7 Å². The number of imidazole rings is 1. The van der Waals surface area contributed by atoms with Gasteiger partial charge in [-0.3, -0.25) is 4.79 Å². The number of amides is 1. The lowest BCUT2D eigenvalue weighted by Crippen LogP contribution is -2.41. The van der Waals surface area contributed by atoms with Crippen molar-refractivity contribution >= 4 is 69.0 Å². The quantitative estimate of drug-likeness (QED) is 0.211. The molecule has 4 aromatic rings. The number of hydrogen-bond donors (Lipinski definition) is 1. The van der Waals surface area contributed by atoms with Crippen molar-refractivity contribution in [3.05, 3.63) is 90.9 Å². The Morgan fingerprint density at radius 2 is 1.83 bits per heavy atom. The van der Waals surface area contributed by atoms with Gasteiger partial charge in [-0.2, -0.15) is 13.2 Å².